The van der Waals surface area contributed by atoms with Crippen molar-refractivity contribution >= 4 is 0 Å². The van der Waals surface area contributed by atoms with Crippen molar-refractivity contribution in [1.82, 2.24) is 10.3 Å². The molecule has 0 spiro atoms. The second-order valence-electron chi connectivity index (χ2n) is 5.22. The molecule has 4 heteroatoms. The van der Waals surface area contributed by atoms with Crippen LogP contribution >= 0.6 is 0 Å². The van der Waals surface area contributed by atoms with Crippen LogP contribution < -0.4 is 5.32 Å². The summed E-state index contributed by atoms with van der Waals surface area (Å²) in [6.07, 6.45) is 4.31. The van der Waals surface area contributed by atoms with Gasteiger partial charge in [-0.3, -0.25) is 4.98 Å². The van der Waals surface area contributed by atoms with Crippen LogP contribution in [0.15, 0.2) is 30.6 Å². The number of pyridine rings is 1. The van der Waals surface area contributed by atoms with E-state index in [1.807, 2.05) is 19.9 Å². The van der Waals surface area contributed by atoms with Crippen LogP contribution in [0, 0.1) is 25.5 Å². The molecular formula is C17H20F2N2. The van der Waals surface area contributed by atoms with Crippen LogP contribution in [0.1, 0.15) is 41.6 Å². The summed E-state index contributed by atoms with van der Waals surface area (Å²) in [5.41, 5.74) is 2.50. The molecule has 0 saturated carbocycles. The maximum atomic E-state index is 14.3. The summed E-state index contributed by atoms with van der Waals surface area (Å²) in [6, 6.07) is 4.74. The first-order chi connectivity index (χ1) is 10.1. The Morgan fingerprint density at radius 3 is 2.48 bits per heavy atom. The number of hydrogen-bond acceptors (Lipinski definition) is 2. The van der Waals surface area contributed by atoms with Gasteiger partial charge >= 0.3 is 0 Å². The van der Waals surface area contributed by atoms with Gasteiger partial charge in [0.15, 0.2) is 11.6 Å². The van der Waals surface area contributed by atoms with Crippen LogP contribution in [-0.2, 0) is 0 Å². The summed E-state index contributed by atoms with van der Waals surface area (Å²) in [4.78, 5) is 4.11. The molecule has 2 nitrogen and oxygen atoms in total. The Hall–Kier alpha value is -1.81. The number of hydrogen-bond donors (Lipinski definition) is 1. The van der Waals surface area contributed by atoms with Gasteiger partial charge < -0.3 is 5.32 Å². The highest BCUT2D eigenvalue weighted by molar-refractivity contribution is 5.37. The molecule has 1 N–H and O–H groups in total. The maximum absolute atomic E-state index is 14.3. The van der Waals surface area contributed by atoms with Crippen LogP contribution in [0.5, 0.6) is 0 Å². The third-order valence-corrected chi connectivity index (χ3v) is 3.61. The van der Waals surface area contributed by atoms with Gasteiger partial charge in [-0.2, -0.15) is 0 Å². The zero-order valence-electron chi connectivity index (χ0n) is 12.6. The predicted octanol–water partition coefficient (Wildman–Crippen LogP) is 4.07. The summed E-state index contributed by atoms with van der Waals surface area (Å²) >= 11 is 0. The average Bonchev–Trinajstić information content (AvgIpc) is 2.48. The fraction of sp³-hybridized carbons (Fsp3) is 0.353. The Morgan fingerprint density at radius 1 is 1.05 bits per heavy atom. The van der Waals surface area contributed by atoms with Crippen molar-refractivity contribution in [3.8, 4) is 0 Å². The Kier molecular flexibility index (Phi) is 5.02. The molecule has 112 valence electrons. The largest absolute Gasteiger partial charge is 0.306 e. The van der Waals surface area contributed by atoms with Crippen molar-refractivity contribution in [3.05, 3.63) is 64.5 Å². The molecular weight excluding hydrogens is 270 g/mol. The summed E-state index contributed by atoms with van der Waals surface area (Å²) in [7, 11) is 0. The molecule has 0 radical (unpaired) electrons. The van der Waals surface area contributed by atoms with Crippen LogP contribution in [0.4, 0.5) is 8.78 Å². The molecule has 1 atom stereocenters. The lowest BCUT2D eigenvalue weighted by atomic mass is 9.95. The lowest BCUT2D eigenvalue weighted by Crippen LogP contribution is -2.25. The van der Waals surface area contributed by atoms with E-state index in [0.717, 1.165) is 17.5 Å². The molecule has 0 fully saturated rings. The van der Waals surface area contributed by atoms with E-state index >= 15 is 0 Å². The summed E-state index contributed by atoms with van der Waals surface area (Å²) in [6.45, 7) is 6.26. The minimum atomic E-state index is -0.785. The highest BCUT2D eigenvalue weighted by Crippen LogP contribution is 2.28. The quantitative estimate of drug-likeness (QED) is 0.898. The van der Waals surface area contributed by atoms with Crippen molar-refractivity contribution in [2.45, 2.75) is 33.2 Å². The number of nitrogens with zero attached hydrogens (tertiary/aromatic N) is 1. The van der Waals surface area contributed by atoms with Crippen molar-refractivity contribution in [1.29, 1.82) is 0 Å². The standard InChI is InChI=1S/C17H20F2N2/c1-4-8-21-17(14-10-20-9-7-11(14)2)13-6-5-12(3)15(18)16(13)19/h5-7,9-10,17,21H,4,8H2,1-3H3. The first-order valence-corrected chi connectivity index (χ1v) is 7.14. The second-order valence-corrected chi connectivity index (χ2v) is 5.22. The van der Waals surface area contributed by atoms with Crippen molar-refractivity contribution in [2.75, 3.05) is 6.54 Å². The molecule has 1 heterocycles. The maximum Gasteiger partial charge on any atom is 0.164 e. The fourth-order valence-electron chi connectivity index (χ4n) is 2.34. The molecule has 2 rings (SSSR count). The first kappa shape index (κ1) is 15.6. The lowest BCUT2D eigenvalue weighted by Gasteiger charge is -2.22. The van der Waals surface area contributed by atoms with E-state index in [9.17, 15) is 8.78 Å². The molecule has 1 aromatic carbocycles. The zero-order chi connectivity index (χ0) is 15.4. The van der Waals surface area contributed by atoms with Crippen LogP contribution in [0.3, 0.4) is 0 Å². The molecule has 2 aromatic rings. The van der Waals surface area contributed by atoms with Gasteiger partial charge in [0, 0.05) is 18.0 Å². The van der Waals surface area contributed by atoms with Crippen molar-refractivity contribution in [2.24, 2.45) is 0 Å². The Bertz CT molecular complexity index is 626. The van der Waals surface area contributed by atoms with Gasteiger partial charge in [0.1, 0.15) is 0 Å². The molecule has 1 aromatic heterocycles. The predicted molar refractivity (Wildman–Crippen MR) is 80.2 cm³/mol. The number of aromatic nitrogens is 1. The van der Waals surface area contributed by atoms with Gasteiger partial charge in [0.05, 0.1) is 6.04 Å². The number of benzene rings is 1. The summed E-state index contributed by atoms with van der Waals surface area (Å²) in [5.74, 6) is -1.57. The van der Waals surface area contributed by atoms with E-state index in [1.54, 1.807) is 31.5 Å². The number of aryl methyl sites for hydroxylation is 2. The van der Waals surface area contributed by atoms with Crippen molar-refractivity contribution in [3.63, 3.8) is 0 Å². The van der Waals surface area contributed by atoms with E-state index < -0.39 is 17.7 Å². The highest BCUT2D eigenvalue weighted by Gasteiger charge is 2.22. The van der Waals surface area contributed by atoms with Gasteiger partial charge in [0.2, 0.25) is 0 Å². The van der Waals surface area contributed by atoms with Gasteiger partial charge in [0.25, 0.3) is 0 Å². The summed E-state index contributed by atoms with van der Waals surface area (Å²) < 4.78 is 28.2. The molecule has 1 unspecified atom stereocenters. The van der Waals surface area contributed by atoms with E-state index in [1.165, 1.54) is 0 Å². The van der Waals surface area contributed by atoms with E-state index in [4.69, 9.17) is 0 Å². The zero-order valence-corrected chi connectivity index (χ0v) is 12.6. The Labute approximate surface area is 124 Å². The molecule has 21 heavy (non-hydrogen) atoms. The Morgan fingerprint density at radius 2 is 1.81 bits per heavy atom. The number of nitrogens with one attached hydrogen (secondary N) is 1. The van der Waals surface area contributed by atoms with E-state index in [-0.39, 0.29) is 0 Å². The molecule has 0 aliphatic rings. The fourth-order valence-corrected chi connectivity index (χ4v) is 2.34. The van der Waals surface area contributed by atoms with E-state index in [2.05, 4.69) is 10.3 Å². The minimum Gasteiger partial charge on any atom is -0.306 e. The average molecular weight is 290 g/mol. The third-order valence-electron chi connectivity index (χ3n) is 3.61. The molecule has 0 aliphatic carbocycles. The van der Waals surface area contributed by atoms with Crippen molar-refractivity contribution < 1.29 is 8.78 Å². The molecule has 0 bridgehead atoms. The smallest absolute Gasteiger partial charge is 0.164 e. The topological polar surface area (TPSA) is 24.9 Å². The number of halogens is 2. The van der Waals surface area contributed by atoms with Crippen LogP contribution in [0.2, 0.25) is 0 Å². The summed E-state index contributed by atoms with van der Waals surface area (Å²) in [5, 5.41) is 3.28. The van der Waals surface area contributed by atoms with Gasteiger partial charge in [-0.15, -0.1) is 0 Å². The van der Waals surface area contributed by atoms with Gasteiger partial charge in [-0.1, -0.05) is 19.1 Å². The first-order valence-electron chi connectivity index (χ1n) is 7.14. The molecule has 0 aliphatic heterocycles. The highest BCUT2D eigenvalue weighted by atomic mass is 19.2. The van der Waals surface area contributed by atoms with E-state index in [0.29, 0.717) is 17.7 Å². The number of rotatable bonds is 5. The second kappa shape index (κ2) is 6.76. The minimum absolute atomic E-state index is 0.313. The Balaban J connectivity index is 2.51. The van der Waals surface area contributed by atoms with Crippen LogP contribution in [0.25, 0.3) is 0 Å². The normalized spacial score (nSPS) is 12.4. The van der Waals surface area contributed by atoms with Gasteiger partial charge in [-0.05, 0) is 49.6 Å². The van der Waals surface area contributed by atoms with Gasteiger partial charge in [-0.25, -0.2) is 8.78 Å². The molecule has 0 saturated heterocycles. The third kappa shape index (κ3) is 3.27. The monoisotopic (exact) mass is 290 g/mol. The lowest BCUT2D eigenvalue weighted by molar-refractivity contribution is 0.475. The van der Waals surface area contributed by atoms with Crippen LogP contribution in [-0.4, -0.2) is 11.5 Å². The SMILES string of the molecule is CCCNC(c1cnccc1C)c1ccc(C)c(F)c1F. The molecule has 0 amide bonds.